The Kier molecular flexibility index (Phi) is 3.87. The molecular formula is C13H15F3N2O2. The molecule has 0 radical (unpaired) electrons. The largest absolute Gasteiger partial charge is 0.469 e. The summed E-state index contributed by atoms with van der Waals surface area (Å²) in [6, 6.07) is 2.25. The fourth-order valence-electron chi connectivity index (χ4n) is 2.47. The predicted octanol–water partition coefficient (Wildman–Crippen LogP) is 2.35. The lowest BCUT2D eigenvalue weighted by Gasteiger charge is -2.21. The summed E-state index contributed by atoms with van der Waals surface area (Å²) in [6.45, 7) is 2.35. The Balaban J connectivity index is 2.29. The van der Waals surface area contributed by atoms with Crippen molar-refractivity contribution in [3.05, 3.63) is 23.9 Å². The highest BCUT2D eigenvalue weighted by atomic mass is 19.4. The average molecular weight is 288 g/mol. The Morgan fingerprint density at radius 3 is 2.75 bits per heavy atom. The number of carbonyl (C=O) groups is 1. The first-order chi connectivity index (χ1) is 9.34. The van der Waals surface area contributed by atoms with Crippen LogP contribution in [0.2, 0.25) is 0 Å². The Hall–Kier alpha value is -1.79. The van der Waals surface area contributed by atoms with Crippen LogP contribution in [0.25, 0.3) is 0 Å². The van der Waals surface area contributed by atoms with E-state index in [4.69, 9.17) is 0 Å². The maximum atomic E-state index is 13.0. The van der Waals surface area contributed by atoms with Gasteiger partial charge in [-0.05, 0) is 18.1 Å². The van der Waals surface area contributed by atoms with Crippen LogP contribution in [0.1, 0.15) is 12.5 Å². The number of anilines is 1. The van der Waals surface area contributed by atoms with Gasteiger partial charge >= 0.3 is 12.1 Å². The monoisotopic (exact) mass is 288 g/mol. The molecule has 110 valence electrons. The molecule has 1 aromatic rings. The second-order valence-corrected chi connectivity index (χ2v) is 4.88. The maximum absolute atomic E-state index is 13.0. The lowest BCUT2D eigenvalue weighted by Crippen LogP contribution is -2.26. The highest BCUT2D eigenvalue weighted by Gasteiger charge is 2.41. The number of ether oxygens (including phenoxy) is 1. The fraction of sp³-hybridized carbons (Fsp3) is 0.538. The van der Waals surface area contributed by atoms with Gasteiger partial charge in [0.05, 0.1) is 18.6 Å². The van der Waals surface area contributed by atoms with Crippen molar-refractivity contribution in [3.63, 3.8) is 0 Å². The molecule has 0 spiro atoms. The number of rotatable bonds is 2. The van der Waals surface area contributed by atoms with Crippen molar-refractivity contribution in [2.24, 2.45) is 11.8 Å². The van der Waals surface area contributed by atoms with Crippen molar-refractivity contribution in [1.82, 2.24) is 4.98 Å². The molecule has 0 aromatic carbocycles. The number of pyridine rings is 1. The predicted molar refractivity (Wildman–Crippen MR) is 66.1 cm³/mol. The summed E-state index contributed by atoms with van der Waals surface area (Å²) in [4.78, 5) is 16.9. The second kappa shape index (κ2) is 5.30. The molecule has 2 rings (SSSR count). The zero-order valence-corrected chi connectivity index (χ0v) is 11.1. The Morgan fingerprint density at radius 1 is 1.45 bits per heavy atom. The maximum Gasteiger partial charge on any atom is 0.419 e. The van der Waals surface area contributed by atoms with E-state index in [1.165, 1.54) is 24.3 Å². The van der Waals surface area contributed by atoms with Gasteiger partial charge in [0, 0.05) is 19.3 Å². The van der Waals surface area contributed by atoms with E-state index >= 15 is 0 Å². The van der Waals surface area contributed by atoms with E-state index in [0.717, 1.165) is 6.07 Å². The summed E-state index contributed by atoms with van der Waals surface area (Å²) in [5.74, 6) is -1.03. The third-order valence-electron chi connectivity index (χ3n) is 3.51. The van der Waals surface area contributed by atoms with Gasteiger partial charge < -0.3 is 9.64 Å². The first-order valence-electron chi connectivity index (χ1n) is 6.19. The second-order valence-electron chi connectivity index (χ2n) is 4.88. The SMILES string of the molecule is COC(=O)C1CN(c2ncccc2C(F)(F)F)CC1C. The van der Waals surface area contributed by atoms with Gasteiger partial charge in [-0.25, -0.2) is 4.98 Å². The summed E-state index contributed by atoms with van der Waals surface area (Å²) in [7, 11) is 1.28. The number of carbonyl (C=O) groups excluding carboxylic acids is 1. The van der Waals surface area contributed by atoms with Gasteiger partial charge in [-0.3, -0.25) is 4.79 Å². The first-order valence-corrected chi connectivity index (χ1v) is 6.19. The van der Waals surface area contributed by atoms with Crippen LogP contribution < -0.4 is 4.90 Å². The molecule has 1 aromatic heterocycles. The number of aromatic nitrogens is 1. The fourth-order valence-corrected chi connectivity index (χ4v) is 2.47. The average Bonchev–Trinajstić information content (AvgIpc) is 2.79. The molecule has 0 aliphatic carbocycles. The van der Waals surface area contributed by atoms with Crippen LogP contribution in [0, 0.1) is 11.8 Å². The van der Waals surface area contributed by atoms with E-state index in [0.29, 0.717) is 6.54 Å². The highest BCUT2D eigenvalue weighted by molar-refractivity contribution is 5.74. The molecule has 0 saturated carbocycles. The van der Waals surface area contributed by atoms with E-state index in [-0.39, 0.29) is 18.3 Å². The molecular weight excluding hydrogens is 273 g/mol. The number of halogens is 3. The lowest BCUT2D eigenvalue weighted by atomic mass is 9.99. The number of hydrogen-bond acceptors (Lipinski definition) is 4. The Morgan fingerprint density at radius 2 is 2.15 bits per heavy atom. The minimum atomic E-state index is -4.46. The van der Waals surface area contributed by atoms with Gasteiger partial charge in [-0.15, -0.1) is 0 Å². The van der Waals surface area contributed by atoms with Crippen LogP contribution >= 0.6 is 0 Å². The highest BCUT2D eigenvalue weighted by Crippen LogP contribution is 2.37. The molecule has 1 fully saturated rings. The van der Waals surface area contributed by atoms with Gasteiger partial charge in [0.25, 0.3) is 0 Å². The van der Waals surface area contributed by atoms with Crippen molar-refractivity contribution in [2.45, 2.75) is 13.1 Å². The van der Waals surface area contributed by atoms with Crippen LogP contribution in [0.5, 0.6) is 0 Å². The number of nitrogens with zero attached hydrogens (tertiary/aromatic N) is 2. The van der Waals surface area contributed by atoms with Gasteiger partial charge in [0.2, 0.25) is 0 Å². The summed E-state index contributed by atoms with van der Waals surface area (Å²) in [5, 5.41) is 0. The number of alkyl halides is 3. The van der Waals surface area contributed by atoms with E-state index in [1.807, 2.05) is 6.92 Å². The van der Waals surface area contributed by atoms with Crippen molar-refractivity contribution in [1.29, 1.82) is 0 Å². The zero-order valence-electron chi connectivity index (χ0n) is 11.1. The minimum absolute atomic E-state index is 0.0782. The van der Waals surface area contributed by atoms with Crippen LogP contribution in [0.15, 0.2) is 18.3 Å². The topological polar surface area (TPSA) is 42.4 Å². The third-order valence-corrected chi connectivity index (χ3v) is 3.51. The summed E-state index contributed by atoms with van der Waals surface area (Å²) < 4.78 is 43.6. The Labute approximate surface area is 114 Å². The number of esters is 1. The van der Waals surface area contributed by atoms with Gasteiger partial charge in [-0.2, -0.15) is 13.2 Å². The molecule has 0 N–H and O–H groups in total. The lowest BCUT2D eigenvalue weighted by molar-refractivity contribution is -0.145. The smallest absolute Gasteiger partial charge is 0.419 e. The molecule has 4 nitrogen and oxygen atoms in total. The molecule has 0 bridgehead atoms. The van der Waals surface area contributed by atoms with Crippen LogP contribution in [-0.4, -0.2) is 31.2 Å². The molecule has 2 atom stereocenters. The molecule has 2 unspecified atom stereocenters. The summed E-state index contributed by atoms with van der Waals surface area (Å²) >= 11 is 0. The first kappa shape index (κ1) is 14.6. The van der Waals surface area contributed by atoms with E-state index in [1.54, 1.807) is 0 Å². The normalized spacial score (nSPS) is 22.9. The van der Waals surface area contributed by atoms with Crippen molar-refractivity contribution >= 4 is 11.8 Å². The summed E-state index contributed by atoms with van der Waals surface area (Å²) in [5.41, 5.74) is -0.780. The van der Waals surface area contributed by atoms with E-state index in [9.17, 15) is 18.0 Å². The number of methoxy groups -OCH3 is 1. The zero-order chi connectivity index (χ0) is 14.9. The molecule has 2 heterocycles. The van der Waals surface area contributed by atoms with Crippen molar-refractivity contribution in [2.75, 3.05) is 25.1 Å². The molecule has 7 heteroatoms. The summed E-state index contributed by atoms with van der Waals surface area (Å²) in [6.07, 6.45) is -3.14. The molecule has 0 amide bonds. The Bertz CT molecular complexity index is 505. The van der Waals surface area contributed by atoms with Crippen molar-refractivity contribution in [3.8, 4) is 0 Å². The molecule has 1 saturated heterocycles. The van der Waals surface area contributed by atoms with Gasteiger partial charge in [0.1, 0.15) is 5.82 Å². The van der Waals surface area contributed by atoms with Crippen LogP contribution in [0.3, 0.4) is 0 Å². The van der Waals surface area contributed by atoms with Crippen LogP contribution in [-0.2, 0) is 15.7 Å². The van der Waals surface area contributed by atoms with E-state index < -0.39 is 23.6 Å². The van der Waals surface area contributed by atoms with Gasteiger partial charge in [0.15, 0.2) is 0 Å². The quantitative estimate of drug-likeness (QED) is 0.783. The van der Waals surface area contributed by atoms with Crippen LogP contribution in [0.4, 0.5) is 19.0 Å². The van der Waals surface area contributed by atoms with Crippen molar-refractivity contribution < 1.29 is 22.7 Å². The molecule has 1 aliphatic heterocycles. The minimum Gasteiger partial charge on any atom is -0.469 e. The molecule has 1 aliphatic rings. The standard InChI is InChI=1S/C13H15F3N2O2/c1-8-6-18(7-9(8)12(19)20-2)11-10(13(14,15)16)4-3-5-17-11/h3-5,8-9H,6-7H2,1-2H3. The van der Waals surface area contributed by atoms with Gasteiger partial charge in [-0.1, -0.05) is 6.92 Å². The van der Waals surface area contributed by atoms with E-state index in [2.05, 4.69) is 9.72 Å². The third kappa shape index (κ3) is 2.71. The molecule has 20 heavy (non-hydrogen) atoms. The number of hydrogen-bond donors (Lipinski definition) is 0.